The van der Waals surface area contributed by atoms with Crippen LogP contribution in [0.15, 0.2) is 23.3 Å². The minimum atomic E-state index is -2.07. The quantitative estimate of drug-likeness (QED) is 0.587. The number of esters is 2. The van der Waals surface area contributed by atoms with Crippen molar-refractivity contribution in [1.29, 1.82) is 0 Å². The lowest BCUT2D eigenvalue weighted by molar-refractivity contribution is -0.166. The van der Waals surface area contributed by atoms with Gasteiger partial charge in [-0.2, -0.15) is 0 Å². The molecule has 128 valence electrons. The fourth-order valence-corrected chi connectivity index (χ4v) is 3.30. The van der Waals surface area contributed by atoms with Gasteiger partial charge in [0, 0.05) is 13.3 Å². The third-order valence-electron chi connectivity index (χ3n) is 4.46. The van der Waals surface area contributed by atoms with Crippen LogP contribution in [0.2, 0.25) is 0 Å². The Morgan fingerprint density at radius 2 is 2.13 bits per heavy atom. The third kappa shape index (κ3) is 3.64. The Hall–Kier alpha value is -1.66. The van der Waals surface area contributed by atoms with E-state index < -0.39 is 42.3 Å². The van der Waals surface area contributed by atoms with Crippen LogP contribution in [0.25, 0.3) is 0 Å². The zero-order valence-electron chi connectivity index (χ0n) is 13.7. The average Bonchev–Trinajstić information content (AvgIpc) is 2.69. The van der Waals surface area contributed by atoms with Crippen LogP contribution in [-0.2, 0) is 19.1 Å². The Bertz CT molecular complexity index is 549. The number of ether oxygens (including phenoxy) is 2. The van der Waals surface area contributed by atoms with Crippen LogP contribution in [0.3, 0.4) is 0 Å². The van der Waals surface area contributed by atoms with E-state index >= 15 is 0 Å². The van der Waals surface area contributed by atoms with Gasteiger partial charge >= 0.3 is 11.9 Å². The first-order chi connectivity index (χ1) is 10.8. The molecule has 0 spiro atoms. The summed E-state index contributed by atoms with van der Waals surface area (Å²) in [6.07, 6.45) is 4.40. The molecule has 6 nitrogen and oxygen atoms in total. The molecule has 1 aliphatic heterocycles. The lowest BCUT2D eigenvalue weighted by atomic mass is 9.78. The van der Waals surface area contributed by atoms with Crippen molar-refractivity contribution < 1.29 is 29.3 Å². The summed E-state index contributed by atoms with van der Waals surface area (Å²) >= 11 is 0. The van der Waals surface area contributed by atoms with Crippen molar-refractivity contribution in [1.82, 2.24) is 0 Å². The van der Waals surface area contributed by atoms with E-state index in [1.54, 1.807) is 6.08 Å². The summed E-state index contributed by atoms with van der Waals surface area (Å²) in [6, 6.07) is 0. The maximum Gasteiger partial charge on any atom is 0.341 e. The number of rotatable bonds is 2. The summed E-state index contributed by atoms with van der Waals surface area (Å²) in [7, 11) is 0. The largest absolute Gasteiger partial charge is 0.462 e. The minimum absolute atomic E-state index is 0.382. The predicted octanol–water partition coefficient (Wildman–Crippen LogP) is 1.26. The molecule has 0 amide bonds. The molecule has 1 aliphatic carbocycles. The second-order valence-electron chi connectivity index (χ2n) is 6.43. The van der Waals surface area contributed by atoms with Crippen LogP contribution < -0.4 is 0 Å². The Labute approximate surface area is 135 Å². The Morgan fingerprint density at radius 3 is 2.74 bits per heavy atom. The van der Waals surface area contributed by atoms with Crippen molar-refractivity contribution in [2.24, 2.45) is 5.92 Å². The number of allylic oxidation sites excluding steroid dienone is 2. The topological polar surface area (TPSA) is 93.1 Å². The molecule has 0 aromatic rings. The predicted molar refractivity (Wildman–Crippen MR) is 82.3 cm³/mol. The summed E-state index contributed by atoms with van der Waals surface area (Å²) in [5, 5.41) is 20.2. The average molecular weight is 324 g/mol. The van der Waals surface area contributed by atoms with Crippen molar-refractivity contribution in [2.75, 3.05) is 6.61 Å². The van der Waals surface area contributed by atoms with Crippen molar-refractivity contribution in [3.8, 4) is 0 Å². The van der Waals surface area contributed by atoms with Crippen molar-refractivity contribution in [2.45, 2.75) is 57.8 Å². The molecule has 1 fully saturated rings. The van der Waals surface area contributed by atoms with E-state index in [0.29, 0.717) is 6.42 Å². The first-order valence-electron chi connectivity index (χ1n) is 7.82. The van der Waals surface area contributed by atoms with Crippen LogP contribution in [-0.4, -0.2) is 46.6 Å². The zero-order valence-corrected chi connectivity index (χ0v) is 13.7. The highest BCUT2D eigenvalue weighted by atomic mass is 16.6. The molecule has 4 atom stereocenters. The fraction of sp³-hybridized carbons (Fsp3) is 0.647. The fourth-order valence-electron chi connectivity index (χ4n) is 3.30. The van der Waals surface area contributed by atoms with Gasteiger partial charge in [-0.15, -0.1) is 0 Å². The molecule has 0 bridgehead atoms. The van der Waals surface area contributed by atoms with Crippen LogP contribution >= 0.6 is 0 Å². The number of aliphatic hydroxyl groups excluding tert-OH is 1. The monoisotopic (exact) mass is 324 g/mol. The van der Waals surface area contributed by atoms with E-state index in [4.69, 9.17) is 9.47 Å². The Balaban J connectivity index is 2.48. The molecule has 1 heterocycles. The van der Waals surface area contributed by atoms with Crippen LogP contribution in [0.4, 0.5) is 0 Å². The third-order valence-corrected chi connectivity index (χ3v) is 4.46. The van der Waals surface area contributed by atoms with Crippen molar-refractivity contribution in [3.63, 3.8) is 0 Å². The van der Waals surface area contributed by atoms with E-state index in [1.165, 1.54) is 6.92 Å². The molecule has 2 rings (SSSR count). The summed E-state index contributed by atoms with van der Waals surface area (Å²) in [4.78, 5) is 23.6. The Kier molecular flexibility index (Phi) is 5.26. The van der Waals surface area contributed by atoms with Crippen LogP contribution in [0.1, 0.15) is 40.0 Å². The van der Waals surface area contributed by atoms with Crippen molar-refractivity contribution in [3.05, 3.63) is 23.3 Å². The van der Waals surface area contributed by atoms with E-state index in [1.807, 2.05) is 13.8 Å². The zero-order chi connectivity index (χ0) is 17.2. The molecule has 2 N–H and O–H groups in total. The molecule has 2 aliphatic rings. The van der Waals surface area contributed by atoms with Gasteiger partial charge in [0.1, 0.15) is 12.2 Å². The first kappa shape index (κ1) is 17.7. The second kappa shape index (κ2) is 6.84. The van der Waals surface area contributed by atoms with Gasteiger partial charge in [-0.1, -0.05) is 17.2 Å². The maximum atomic E-state index is 12.1. The van der Waals surface area contributed by atoms with Gasteiger partial charge in [-0.05, 0) is 32.8 Å². The number of fused-ring (bicyclic) bond motifs is 1. The summed E-state index contributed by atoms with van der Waals surface area (Å²) in [5.74, 6) is -2.23. The summed E-state index contributed by atoms with van der Waals surface area (Å²) < 4.78 is 10.7. The summed E-state index contributed by atoms with van der Waals surface area (Å²) in [5.41, 5.74) is -0.0482. The van der Waals surface area contributed by atoms with Gasteiger partial charge < -0.3 is 19.7 Å². The number of hydrogen-bond acceptors (Lipinski definition) is 6. The van der Waals surface area contributed by atoms with Gasteiger partial charge in [0.05, 0.1) is 12.5 Å². The highest BCUT2D eigenvalue weighted by molar-refractivity contribution is 5.83. The molecule has 0 radical (unpaired) electrons. The lowest BCUT2D eigenvalue weighted by Gasteiger charge is -2.32. The maximum absolute atomic E-state index is 12.1. The van der Waals surface area contributed by atoms with E-state index in [-0.39, 0.29) is 0 Å². The van der Waals surface area contributed by atoms with Crippen molar-refractivity contribution >= 4 is 11.9 Å². The molecule has 0 aromatic heterocycles. The molecule has 1 saturated heterocycles. The number of aliphatic hydroxyl groups is 2. The molecule has 0 aromatic carbocycles. The van der Waals surface area contributed by atoms with Gasteiger partial charge in [0.15, 0.2) is 5.60 Å². The lowest BCUT2D eigenvalue weighted by Crippen LogP contribution is -2.51. The number of hydrogen-bond donors (Lipinski definition) is 2. The van der Waals surface area contributed by atoms with E-state index in [9.17, 15) is 19.8 Å². The van der Waals surface area contributed by atoms with Crippen LogP contribution in [0.5, 0.6) is 0 Å². The number of carbonyl (C=O) groups is 2. The molecular formula is C17H24O6. The first-order valence-corrected chi connectivity index (χ1v) is 7.82. The molecule has 23 heavy (non-hydrogen) atoms. The normalized spacial score (nSPS) is 34.8. The second-order valence-corrected chi connectivity index (χ2v) is 6.43. The Morgan fingerprint density at radius 1 is 1.43 bits per heavy atom. The van der Waals surface area contributed by atoms with Crippen LogP contribution in [0, 0.1) is 5.92 Å². The molecule has 6 heteroatoms. The minimum Gasteiger partial charge on any atom is -0.462 e. The standard InChI is InChI=1S/C17H24O6/c1-10-5-4-6-11(2)8-14-15(13(7-10)22-12(3)19)17(21,9-18)16(20)23-14/h5,8,13-15,18,21H,4,6-7,9H2,1-3H3. The molecule has 4 unspecified atom stereocenters. The summed E-state index contributed by atoms with van der Waals surface area (Å²) in [6.45, 7) is 4.35. The van der Waals surface area contributed by atoms with Gasteiger partial charge in [-0.3, -0.25) is 4.79 Å². The molecule has 0 saturated carbocycles. The van der Waals surface area contributed by atoms with Gasteiger partial charge in [-0.25, -0.2) is 4.79 Å². The highest BCUT2D eigenvalue weighted by Gasteiger charge is 2.59. The molecular weight excluding hydrogens is 300 g/mol. The highest BCUT2D eigenvalue weighted by Crippen LogP contribution is 2.39. The van der Waals surface area contributed by atoms with E-state index in [2.05, 4.69) is 6.08 Å². The van der Waals surface area contributed by atoms with Gasteiger partial charge in [0.2, 0.25) is 0 Å². The van der Waals surface area contributed by atoms with E-state index in [0.717, 1.165) is 24.0 Å². The number of carbonyl (C=O) groups excluding carboxylic acids is 2. The van der Waals surface area contributed by atoms with Gasteiger partial charge in [0.25, 0.3) is 0 Å². The SMILES string of the molecule is CC(=O)OC1CC(C)=CCCC(C)=CC2OC(=O)C(O)(CO)C21. The smallest absolute Gasteiger partial charge is 0.341 e.